The molecule has 0 saturated carbocycles. The third kappa shape index (κ3) is 5.64. The Balaban J connectivity index is 1.44. The number of carbonyl (C=O) groups excluding carboxylic acids is 2. The lowest BCUT2D eigenvalue weighted by molar-refractivity contribution is -0.0258. The minimum atomic E-state index is -1.14. The quantitative estimate of drug-likeness (QED) is 0.411. The molecule has 1 saturated heterocycles. The maximum atomic E-state index is 14.6. The zero-order valence-electron chi connectivity index (χ0n) is 20.8. The first-order valence-corrected chi connectivity index (χ1v) is 12.3. The van der Waals surface area contributed by atoms with Crippen molar-refractivity contribution in [2.45, 2.75) is 12.8 Å². The standard InChI is InChI=1S/C26H27ClF2N4O5/c1-32-20(18-5-6-21(37-2)23(29)22(18)28)12-30-24(32)25(35)31-16-3-4-17(19(27)11-16)26(36)33-9-7-15(8-10-33)13-38-14-34/h3-6,11-12,15,34H,7-10,13-14H2,1-2H3,(H,31,35). The Kier molecular flexibility index (Phi) is 8.60. The summed E-state index contributed by atoms with van der Waals surface area (Å²) in [7, 11) is 2.74. The van der Waals surface area contributed by atoms with Crippen LogP contribution in [0.2, 0.25) is 5.02 Å². The fourth-order valence-electron chi connectivity index (χ4n) is 4.40. The number of aliphatic hydroxyl groups excluding tert-OH is 1. The van der Waals surface area contributed by atoms with E-state index in [-0.39, 0.29) is 46.5 Å². The van der Waals surface area contributed by atoms with E-state index in [4.69, 9.17) is 26.2 Å². The van der Waals surface area contributed by atoms with E-state index in [0.29, 0.717) is 30.9 Å². The van der Waals surface area contributed by atoms with E-state index in [2.05, 4.69) is 10.3 Å². The molecule has 0 unspecified atom stereocenters. The van der Waals surface area contributed by atoms with Gasteiger partial charge in [0.15, 0.2) is 17.4 Å². The van der Waals surface area contributed by atoms with Gasteiger partial charge >= 0.3 is 0 Å². The van der Waals surface area contributed by atoms with Crippen molar-refractivity contribution in [3.63, 3.8) is 0 Å². The predicted molar refractivity (Wildman–Crippen MR) is 136 cm³/mol. The van der Waals surface area contributed by atoms with Crippen molar-refractivity contribution >= 4 is 29.1 Å². The second-order valence-corrected chi connectivity index (χ2v) is 9.26. The van der Waals surface area contributed by atoms with Gasteiger partial charge in [-0.05, 0) is 49.1 Å². The number of anilines is 1. The van der Waals surface area contributed by atoms with Gasteiger partial charge in [-0.3, -0.25) is 9.59 Å². The number of ether oxygens (including phenoxy) is 2. The Hall–Kier alpha value is -3.54. The maximum absolute atomic E-state index is 14.6. The fraction of sp³-hybridized carbons (Fsp3) is 0.346. The van der Waals surface area contributed by atoms with Crippen LogP contribution in [0.5, 0.6) is 5.75 Å². The minimum Gasteiger partial charge on any atom is -0.494 e. The molecular formula is C26H27ClF2N4O5. The number of aromatic nitrogens is 2. The van der Waals surface area contributed by atoms with Crippen LogP contribution in [0.15, 0.2) is 36.5 Å². The van der Waals surface area contributed by atoms with Crippen molar-refractivity contribution in [3.8, 4) is 17.0 Å². The van der Waals surface area contributed by atoms with Crippen molar-refractivity contribution in [2.24, 2.45) is 13.0 Å². The SMILES string of the molecule is COc1ccc(-c2cnc(C(=O)Nc3ccc(C(=O)N4CCC(COCO)CC4)c(Cl)c3)n2C)c(F)c1F. The molecule has 12 heteroatoms. The number of piperidine rings is 1. The smallest absolute Gasteiger partial charge is 0.291 e. The van der Waals surface area contributed by atoms with Crippen molar-refractivity contribution in [1.29, 1.82) is 0 Å². The molecule has 0 bridgehead atoms. The highest BCUT2D eigenvalue weighted by Gasteiger charge is 2.26. The number of amides is 2. The fourth-order valence-corrected chi connectivity index (χ4v) is 4.67. The number of nitrogens with one attached hydrogen (secondary N) is 1. The average Bonchev–Trinajstić information content (AvgIpc) is 3.30. The van der Waals surface area contributed by atoms with Crippen molar-refractivity contribution in [1.82, 2.24) is 14.5 Å². The summed E-state index contributed by atoms with van der Waals surface area (Å²) < 4.78 is 39.9. The van der Waals surface area contributed by atoms with Crippen LogP contribution in [0, 0.1) is 17.6 Å². The van der Waals surface area contributed by atoms with Crippen LogP contribution in [-0.4, -0.2) is 65.0 Å². The normalized spacial score (nSPS) is 14.0. The molecule has 1 aromatic heterocycles. The van der Waals surface area contributed by atoms with Crippen LogP contribution in [0.4, 0.5) is 14.5 Å². The third-order valence-electron chi connectivity index (χ3n) is 6.54. The summed E-state index contributed by atoms with van der Waals surface area (Å²) in [5.41, 5.74) is 0.765. The topological polar surface area (TPSA) is 106 Å². The molecular weight excluding hydrogens is 522 g/mol. The summed E-state index contributed by atoms with van der Waals surface area (Å²) in [5, 5.41) is 11.6. The van der Waals surface area contributed by atoms with E-state index in [1.165, 1.54) is 43.1 Å². The summed E-state index contributed by atoms with van der Waals surface area (Å²) in [6, 6.07) is 7.20. The number of benzene rings is 2. The molecule has 202 valence electrons. The molecule has 0 radical (unpaired) electrons. The van der Waals surface area contributed by atoms with Gasteiger partial charge < -0.3 is 29.4 Å². The zero-order chi connectivity index (χ0) is 27.4. The van der Waals surface area contributed by atoms with Gasteiger partial charge in [-0.15, -0.1) is 0 Å². The number of hydrogen-bond donors (Lipinski definition) is 2. The minimum absolute atomic E-state index is 0.0417. The molecule has 9 nitrogen and oxygen atoms in total. The lowest BCUT2D eigenvalue weighted by Crippen LogP contribution is -2.39. The highest BCUT2D eigenvalue weighted by molar-refractivity contribution is 6.34. The number of halogens is 3. The molecule has 1 aliphatic heterocycles. The number of aliphatic hydroxyl groups is 1. The number of carbonyl (C=O) groups is 2. The summed E-state index contributed by atoms with van der Waals surface area (Å²) in [6.45, 7) is 1.23. The third-order valence-corrected chi connectivity index (χ3v) is 6.85. The molecule has 1 fully saturated rings. The molecule has 0 aliphatic carbocycles. The molecule has 4 rings (SSSR count). The average molecular weight is 549 g/mol. The molecule has 0 atom stereocenters. The Morgan fingerprint density at radius 1 is 1.18 bits per heavy atom. The van der Waals surface area contributed by atoms with Gasteiger partial charge in [-0.1, -0.05) is 11.6 Å². The summed E-state index contributed by atoms with van der Waals surface area (Å²) in [6.07, 6.45) is 2.79. The number of methoxy groups -OCH3 is 1. The van der Waals surface area contributed by atoms with Gasteiger partial charge in [0, 0.05) is 31.4 Å². The molecule has 2 heterocycles. The van der Waals surface area contributed by atoms with Gasteiger partial charge in [0.05, 0.1) is 36.2 Å². The Labute approximate surface area is 222 Å². The van der Waals surface area contributed by atoms with Crippen molar-refractivity contribution < 1.29 is 33.0 Å². The monoisotopic (exact) mass is 548 g/mol. The molecule has 2 N–H and O–H groups in total. The molecule has 3 aromatic rings. The van der Waals surface area contributed by atoms with Gasteiger partial charge in [0.2, 0.25) is 5.82 Å². The summed E-state index contributed by atoms with van der Waals surface area (Å²) in [5.74, 6) is -3.06. The number of hydrogen-bond acceptors (Lipinski definition) is 6. The summed E-state index contributed by atoms with van der Waals surface area (Å²) in [4.78, 5) is 31.6. The van der Waals surface area contributed by atoms with E-state index < -0.39 is 17.5 Å². The van der Waals surface area contributed by atoms with Crippen LogP contribution in [0.3, 0.4) is 0 Å². The first-order chi connectivity index (χ1) is 18.2. The molecule has 1 aliphatic rings. The van der Waals surface area contributed by atoms with E-state index in [0.717, 1.165) is 12.8 Å². The van der Waals surface area contributed by atoms with E-state index in [1.54, 1.807) is 17.0 Å². The van der Waals surface area contributed by atoms with Crippen LogP contribution in [0.25, 0.3) is 11.3 Å². The second kappa shape index (κ2) is 11.9. The lowest BCUT2D eigenvalue weighted by atomic mass is 9.97. The van der Waals surface area contributed by atoms with E-state index >= 15 is 0 Å². The molecule has 38 heavy (non-hydrogen) atoms. The Bertz CT molecular complexity index is 1340. The van der Waals surface area contributed by atoms with E-state index in [1.807, 2.05) is 0 Å². The first-order valence-electron chi connectivity index (χ1n) is 11.9. The number of likely N-dealkylation sites (tertiary alicyclic amines) is 1. The van der Waals surface area contributed by atoms with Crippen LogP contribution in [0.1, 0.15) is 33.8 Å². The predicted octanol–water partition coefficient (Wildman–Crippen LogP) is 4.10. The first kappa shape index (κ1) is 27.5. The largest absolute Gasteiger partial charge is 0.494 e. The van der Waals surface area contributed by atoms with Crippen LogP contribution >= 0.6 is 11.6 Å². The molecule has 2 aromatic carbocycles. The number of nitrogens with zero attached hydrogens (tertiary/aromatic N) is 3. The highest BCUT2D eigenvalue weighted by atomic mass is 35.5. The van der Waals surface area contributed by atoms with Gasteiger partial charge in [-0.25, -0.2) is 9.37 Å². The Morgan fingerprint density at radius 2 is 1.92 bits per heavy atom. The van der Waals surface area contributed by atoms with E-state index in [9.17, 15) is 18.4 Å². The van der Waals surface area contributed by atoms with Gasteiger partial charge in [0.1, 0.15) is 6.79 Å². The summed E-state index contributed by atoms with van der Waals surface area (Å²) >= 11 is 6.39. The van der Waals surface area contributed by atoms with Crippen molar-refractivity contribution in [2.75, 3.05) is 38.9 Å². The highest BCUT2D eigenvalue weighted by Crippen LogP contribution is 2.30. The Morgan fingerprint density at radius 3 is 2.58 bits per heavy atom. The van der Waals surface area contributed by atoms with Crippen molar-refractivity contribution in [3.05, 3.63) is 64.6 Å². The lowest BCUT2D eigenvalue weighted by Gasteiger charge is -2.32. The van der Waals surface area contributed by atoms with Crippen LogP contribution in [-0.2, 0) is 11.8 Å². The maximum Gasteiger partial charge on any atom is 0.291 e. The zero-order valence-corrected chi connectivity index (χ0v) is 21.6. The van der Waals surface area contributed by atoms with Gasteiger partial charge in [-0.2, -0.15) is 4.39 Å². The number of imidazole rings is 1. The molecule has 2 amide bonds. The van der Waals surface area contributed by atoms with Gasteiger partial charge in [0.25, 0.3) is 11.8 Å². The molecule has 0 spiro atoms. The second-order valence-electron chi connectivity index (χ2n) is 8.85. The number of rotatable bonds is 8. The van der Waals surface area contributed by atoms with Crippen LogP contribution < -0.4 is 10.1 Å².